The number of hydrogen-bond donors (Lipinski definition) is 4. The molecule has 21 heavy (non-hydrogen) atoms. The Morgan fingerprint density at radius 1 is 0.857 bits per heavy atom. The molecule has 0 saturated carbocycles. The highest BCUT2D eigenvalue weighted by Crippen LogP contribution is 2.11. The molecule has 0 saturated heterocycles. The summed E-state index contributed by atoms with van der Waals surface area (Å²) in [4.78, 5) is 0. The van der Waals surface area contributed by atoms with Crippen molar-refractivity contribution in [3.63, 3.8) is 0 Å². The van der Waals surface area contributed by atoms with Gasteiger partial charge in [0.05, 0.1) is 0 Å². The third kappa shape index (κ3) is 4.39. The zero-order valence-corrected chi connectivity index (χ0v) is 11.1. The van der Waals surface area contributed by atoms with Gasteiger partial charge in [-0.15, -0.1) is 10.2 Å². The Hall–Kier alpha value is -2.74. The quantitative estimate of drug-likeness (QED) is 0.385. The van der Waals surface area contributed by atoms with Gasteiger partial charge < -0.3 is 5.73 Å². The summed E-state index contributed by atoms with van der Waals surface area (Å²) in [5.41, 5.74) is 9.76. The van der Waals surface area contributed by atoms with Crippen LogP contribution >= 0.6 is 0 Å². The number of nitrogens with one attached hydrogen (secondary N) is 1. The van der Waals surface area contributed by atoms with Crippen LogP contribution in [0.15, 0.2) is 70.9 Å². The van der Waals surface area contributed by atoms with Gasteiger partial charge in [0.2, 0.25) is 5.96 Å². The molecule has 2 aromatic carbocycles. The van der Waals surface area contributed by atoms with Crippen LogP contribution in [-0.2, 0) is 0 Å². The second-order valence-corrected chi connectivity index (χ2v) is 4.07. The van der Waals surface area contributed by atoms with E-state index in [1.165, 1.54) is 0 Å². The van der Waals surface area contributed by atoms with E-state index in [-0.39, 0.29) is 11.3 Å². The van der Waals surface area contributed by atoms with Crippen molar-refractivity contribution >= 4 is 11.7 Å². The van der Waals surface area contributed by atoms with Crippen molar-refractivity contribution in [2.75, 3.05) is 0 Å². The fourth-order valence-electron chi connectivity index (χ4n) is 1.70. The molecule has 0 aliphatic rings. The van der Waals surface area contributed by atoms with Gasteiger partial charge in [0, 0.05) is 16.5 Å². The van der Waals surface area contributed by atoms with Gasteiger partial charge in [-0.25, -0.2) is 5.43 Å². The molecule has 7 nitrogen and oxygen atoms in total. The number of rotatable bonds is 4. The van der Waals surface area contributed by atoms with Crippen LogP contribution in [0.2, 0.25) is 0 Å². The van der Waals surface area contributed by atoms with Crippen molar-refractivity contribution in [3.05, 3.63) is 71.8 Å². The molecular weight excluding hydrogens is 270 g/mol. The molecule has 0 radical (unpaired) electrons. The van der Waals surface area contributed by atoms with Gasteiger partial charge in [-0.2, -0.15) is 0 Å². The summed E-state index contributed by atoms with van der Waals surface area (Å²) >= 11 is 0. The van der Waals surface area contributed by atoms with Gasteiger partial charge in [0.25, 0.3) is 0 Å². The summed E-state index contributed by atoms with van der Waals surface area (Å²) in [7, 11) is 0. The highest BCUT2D eigenvalue weighted by atomic mass is 16.8. The first kappa shape index (κ1) is 14.7. The van der Waals surface area contributed by atoms with Crippen LogP contribution in [0.1, 0.15) is 11.1 Å². The fourth-order valence-corrected chi connectivity index (χ4v) is 1.70. The van der Waals surface area contributed by atoms with Crippen LogP contribution in [0.3, 0.4) is 0 Å². The number of nitrogens with two attached hydrogens (primary N) is 1. The van der Waals surface area contributed by atoms with Gasteiger partial charge in [-0.1, -0.05) is 60.7 Å². The number of hydrogen-bond acceptors (Lipinski definition) is 5. The zero-order chi connectivity index (χ0) is 15.1. The standard InChI is InChI=1S/C14H15N5O2/c15-14(18-19(20)21)17-16-13(11-7-3-1-4-8-11)12-9-5-2-6-10-12/h1-10,20-21H,(H3,15,17,18). The first-order valence-electron chi connectivity index (χ1n) is 6.13. The minimum absolute atomic E-state index is 0.260. The third-order valence-electron chi connectivity index (χ3n) is 2.57. The zero-order valence-electron chi connectivity index (χ0n) is 11.1. The van der Waals surface area contributed by atoms with Gasteiger partial charge in [-0.05, 0) is 0 Å². The molecular formula is C14H15N5O2. The van der Waals surface area contributed by atoms with Crippen LogP contribution < -0.4 is 11.2 Å². The third-order valence-corrected chi connectivity index (χ3v) is 2.57. The lowest BCUT2D eigenvalue weighted by Crippen LogP contribution is -2.41. The highest BCUT2D eigenvalue weighted by molar-refractivity contribution is 6.12. The van der Waals surface area contributed by atoms with E-state index in [0.29, 0.717) is 5.71 Å². The number of hydrazine groups is 1. The first-order valence-corrected chi connectivity index (χ1v) is 6.13. The van der Waals surface area contributed by atoms with Crippen LogP contribution in [-0.4, -0.2) is 27.4 Å². The lowest BCUT2D eigenvalue weighted by Gasteiger charge is -2.08. The Morgan fingerprint density at radius 2 is 1.33 bits per heavy atom. The molecule has 0 amide bonds. The average Bonchev–Trinajstić information content (AvgIpc) is 2.49. The molecule has 0 aliphatic heterocycles. The maximum Gasteiger partial charge on any atom is 0.232 e. The van der Waals surface area contributed by atoms with Crippen LogP contribution in [0, 0.1) is 0 Å². The molecule has 0 aliphatic carbocycles. The number of guanidine groups is 1. The van der Waals surface area contributed by atoms with E-state index in [2.05, 4.69) is 10.2 Å². The maximum absolute atomic E-state index is 8.59. The lowest BCUT2D eigenvalue weighted by molar-refractivity contribution is -0.329. The summed E-state index contributed by atoms with van der Waals surface area (Å²) in [6.07, 6.45) is 0. The Bertz CT molecular complexity index is 585. The van der Waals surface area contributed by atoms with Gasteiger partial charge in [0.1, 0.15) is 5.71 Å². The van der Waals surface area contributed by atoms with E-state index in [4.69, 9.17) is 16.1 Å². The SMILES string of the molecule is NC(=NN=C(c1ccccc1)c1ccccc1)NN(O)O. The van der Waals surface area contributed by atoms with Crippen LogP contribution in [0.5, 0.6) is 0 Å². The summed E-state index contributed by atoms with van der Waals surface area (Å²) in [5.74, 6) is -0.260. The molecule has 0 heterocycles. The molecule has 2 rings (SSSR count). The smallest absolute Gasteiger partial charge is 0.232 e. The lowest BCUT2D eigenvalue weighted by atomic mass is 10.0. The van der Waals surface area contributed by atoms with Gasteiger partial charge in [-0.3, -0.25) is 10.4 Å². The minimum Gasteiger partial charge on any atom is -0.367 e. The summed E-state index contributed by atoms with van der Waals surface area (Å²) in [6, 6.07) is 19.0. The van der Waals surface area contributed by atoms with Gasteiger partial charge >= 0.3 is 0 Å². The van der Waals surface area contributed by atoms with Crippen molar-refractivity contribution < 1.29 is 10.4 Å². The van der Waals surface area contributed by atoms with E-state index >= 15 is 0 Å². The van der Waals surface area contributed by atoms with E-state index in [0.717, 1.165) is 11.1 Å². The van der Waals surface area contributed by atoms with E-state index in [1.807, 2.05) is 66.1 Å². The maximum atomic E-state index is 8.59. The fraction of sp³-hybridized carbons (Fsp3) is 0. The van der Waals surface area contributed by atoms with Crippen molar-refractivity contribution in [2.45, 2.75) is 0 Å². The Labute approximate surface area is 121 Å². The van der Waals surface area contributed by atoms with Crippen molar-refractivity contribution in [2.24, 2.45) is 15.9 Å². The first-order chi connectivity index (χ1) is 10.2. The van der Waals surface area contributed by atoms with Gasteiger partial charge in [0.15, 0.2) is 0 Å². The number of benzene rings is 2. The summed E-state index contributed by atoms with van der Waals surface area (Å²) in [5, 5.41) is 24.7. The van der Waals surface area contributed by atoms with E-state index < -0.39 is 0 Å². The normalized spacial score (nSPS) is 11.3. The molecule has 0 fully saturated rings. The van der Waals surface area contributed by atoms with Crippen molar-refractivity contribution in [1.82, 2.24) is 10.8 Å². The monoisotopic (exact) mass is 285 g/mol. The summed E-state index contributed by atoms with van der Waals surface area (Å²) < 4.78 is 0. The molecule has 0 spiro atoms. The van der Waals surface area contributed by atoms with E-state index in [9.17, 15) is 0 Å². The van der Waals surface area contributed by atoms with Crippen LogP contribution in [0.4, 0.5) is 0 Å². The minimum atomic E-state index is -0.293. The summed E-state index contributed by atoms with van der Waals surface area (Å²) in [6.45, 7) is 0. The molecule has 7 heteroatoms. The molecule has 2 aromatic rings. The predicted molar refractivity (Wildman–Crippen MR) is 78.7 cm³/mol. The van der Waals surface area contributed by atoms with Crippen molar-refractivity contribution in [1.29, 1.82) is 0 Å². The molecule has 0 bridgehead atoms. The Kier molecular flexibility index (Phi) is 4.99. The molecule has 0 unspecified atom stereocenters. The van der Waals surface area contributed by atoms with Crippen molar-refractivity contribution in [3.8, 4) is 0 Å². The topological polar surface area (TPSA) is 106 Å². The molecule has 108 valence electrons. The predicted octanol–water partition coefficient (Wildman–Crippen LogP) is 1.34. The Morgan fingerprint density at radius 3 is 1.76 bits per heavy atom. The molecule has 5 N–H and O–H groups in total. The molecule has 0 atom stereocenters. The second-order valence-electron chi connectivity index (χ2n) is 4.07. The van der Waals surface area contributed by atoms with E-state index in [1.54, 1.807) is 0 Å². The largest absolute Gasteiger partial charge is 0.367 e. The second kappa shape index (κ2) is 7.15. The van der Waals surface area contributed by atoms with Crippen LogP contribution in [0.25, 0.3) is 0 Å². The Balaban J connectivity index is 2.38. The molecule has 0 aromatic heterocycles. The highest BCUT2D eigenvalue weighted by Gasteiger charge is 2.06. The average molecular weight is 285 g/mol. The number of nitrogens with zero attached hydrogens (tertiary/aromatic N) is 3.